The lowest BCUT2D eigenvalue weighted by Gasteiger charge is -2.27. The van der Waals surface area contributed by atoms with Gasteiger partial charge in [0, 0.05) is 6.04 Å². The molecule has 0 heterocycles. The van der Waals surface area contributed by atoms with Crippen molar-refractivity contribution in [1.29, 1.82) is 0 Å². The third-order valence-corrected chi connectivity index (χ3v) is 3.99. The van der Waals surface area contributed by atoms with Crippen LogP contribution in [0, 0.1) is 5.92 Å². The average Bonchev–Trinajstić information content (AvgIpc) is 2.35. The van der Waals surface area contributed by atoms with Gasteiger partial charge in [-0.3, -0.25) is 0 Å². The maximum absolute atomic E-state index is 5.66. The van der Waals surface area contributed by atoms with E-state index in [2.05, 4.69) is 32.6 Å². The molecule has 0 bridgehead atoms. The van der Waals surface area contributed by atoms with Gasteiger partial charge in [-0.15, -0.1) is 0 Å². The summed E-state index contributed by atoms with van der Waals surface area (Å²) in [6, 6.07) is 0.691. The van der Waals surface area contributed by atoms with E-state index in [0.29, 0.717) is 6.04 Å². The second kappa shape index (κ2) is 12.0. The third kappa shape index (κ3) is 8.93. The molecule has 0 fully saturated rings. The topological polar surface area (TPSA) is 29.3 Å². The first-order chi connectivity index (χ1) is 8.65. The Kier molecular flexibility index (Phi) is 11.9. The van der Waals surface area contributed by atoms with Crippen LogP contribution < -0.4 is 5.73 Å². The van der Waals surface area contributed by atoms with E-state index in [4.69, 9.17) is 5.73 Å². The molecule has 0 aromatic heterocycles. The van der Waals surface area contributed by atoms with E-state index in [1.54, 1.807) is 0 Å². The van der Waals surface area contributed by atoms with Gasteiger partial charge in [-0.2, -0.15) is 0 Å². The molecule has 2 N–H and O–H groups in total. The van der Waals surface area contributed by atoms with E-state index in [9.17, 15) is 0 Å². The van der Waals surface area contributed by atoms with Crippen molar-refractivity contribution in [2.75, 3.05) is 19.6 Å². The van der Waals surface area contributed by atoms with Crippen LogP contribution in [0.1, 0.15) is 72.6 Å². The molecule has 0 aromatic carbocycles. The van der Waals surface area contributed by atoms with E-state index in [1.165, 1.54) is 58.0 Å². The molecule has 0 radical (unpaired) electrons. The van der Waals surface area contributed by atoms with Crippen molar-refractivity contribution in [3.05, 3.63) is 0 Å². The van der Waals surface area contributed by atoms with Crippen LogP contribution in [0.5, 0.6) is 0 Å². The zero-order chi connectivity index (χ0) is 13.8. The predicted molar refractivity (Wildman–Crippen MR) is 82.9 cm³/mol. The Morgan fingerprint density at radius 2 is 1.61 bits per heavy atom. The van der Waals surface area contributed by atoms with Crippen molar-refractivity contribution in [2.24, 2.45) is 11.7 Å². The SMILES string of the molecule is CCCCCN(CCCC(CC)CCN)C(C)C. The second-order valence-electron chi connectivity index (χ2n) is 5.83. The number of hydrogen-bond acceptors (Lipinski definition) is 2. The van der Waals surface area contributed by atoms with Crippen molar-refractivity contribution in [1.82, 2.24) is 4.90 Å². The van der Waals surface area contributed by atoms with Gasteiger partial charge < -0.3 is 10.6 Å². The molecule has 18 heavy (non-hydrogen) atoms. The monoisotopic (exact) mass is 256 g/mol. The fourth-order valence-corrected chi connectivity index (χ4v) is 2.56. The molecule has 0 aromatic rings. The first-order valence-corrected chi connectivity index (χ1v) is 8.09. The first-order valence-electron chi connectivity index (χ1n) is 8.09. The molecule has 0 aliphatic carbocycles. The quantitative estimate of drug-likeness (QED) is 0.534. The number of nitrogens with two attached hydrogens (primary N) is 1. The predicted octanol–water partition coefficient (Wildman–Crippen LogP) is 4.04. The summed E-state index contributed by atoms with van der Waals surface area (Å²) in [7, 11) is 0. The summed E-state index contributed by atoms with van der Waals surface area (Å²) in [5.41, 5.74) is 5.66. The smallest absolute Gasteiger partial charge is 0.00385 e. The van der Waals surface area contributed by atoms with Gasteiger partial charge in [0.05, 0.1) is 0 Å². The van der Waals surface area contributed by atoms with Crippen LogP contribution in [0.3, 0.4) is 0 Å². The van der Waals surface area contributed by atoms with Crippen molar-refractivity contribution in [3.63, 3.8) is 0 Å². The Bertz CT molecular complexity index is 168. The number of unbranched alkanes of at least 4 members (excludes halogenated alkanes) is 2. The molecule has 110 valence electrons. The molecule has 1 unspecified atom stereocenters. The van der Waals surface area contributed by atoms with Crippen LogP contribution >= 0.6 is 0 Å². The molecule has 0 rings (SSSR count). The van der Waals surface area contributed by atoms with E-state index in [0.717, 1.165) is 12.5 Å². The molecular weight excluding hydrogens is 220 g/mol. The number of nitrogens with zero attached hydrogens (tertiary/aromatic N) is 1. The minimum atomic E-state index is 0.691. The molecule has 0 saturated carbocycles. The lowest BCUT2D eigenvalue weighted by Crippen LogP contribution is -2.33. The van der Waals surface area contributed by atoms with Gasteiger partial charge in [0.2, 0.25) is 0 Å². The van der Waals surface area contributed by atoms with E-state index < -0.39 is 0 Å². The van der Waals surface area contributed by atoms with Crippen LogP contribution in [0.4, 0.5) is 0 Å². The Balaban J connectivity index is 3.81. The third-order valence-electron chi connectivity index (χ3n) is 3.99. The van der Waals surface area contributed by atoms with E-state index in [-0.39, 0.29) is 0 Å². The molecule has 0 spiro atoms. The van der Waals surface area contributed by atoms with Gasteiger partial charge in [0.1, 0.15) is 0 Å². The van der Waals surface area contributed by atoms with E-state index >= 15 is 0 Å². The molecule has 0 saturated heterocycles. The highest BCUT2D eigenvalue weighted by Gasteiger charge is 2.10. The lowest BCUT2D eigenvalue weighted by atomic mass is 9.96. The van der Waals surface area contributed by atoms with Crippen LogP contribution in [-0.2, 0) is 0 Å². The van der Waals surface area contributed by atoms with Crippen molar-refractivity contribution in [2.45, 2.75) is 78.7 Å². The Morgan fingerprint density at radius 3 is 2.11 bits per heavy atom. The van der Waals surface area contributed by atoms with Crippen molar-refractivity contribution in [3.8, 4) is 0 Å². The number of hydrogen-bond donors (Lipinski definition) is 1. The zero-order valence-electron chi connectivity index (χ0n) is 13.3. The van der Waals surface area contributed by atoms with Gasteiger partial charge in [-0.05, 0) is 65.1 Å². The molecule has 0 aliphatic rings. The maximum atomic E-state index is 5.66. The zero-order valence-corrected chi connectivity index (χ0v) is 13.3. The highest BCUT2D eigenvalue weighted by atomic mass is 15.1. The van der Waals surface area contributed by atoms with Crippen LogP contribution in [-0.4, -0.2) is 30.6 Å². The normalized spacial score (nSPS) is 13.5. The fraction of sp³-hybridized carbons (Fsp3) is 1.00. The standard InChI is InChI=1S/C16H36N2/c1-5-7-8-13-18(15(3)4)14-9-10-16(6-2)11-12-17/h15-16H,5-14,17H2,1-4H3. The van der Waals surface area contributed by atoms with Crippen LogP contribution in [0.25, 0.3) is 0 Å². The summed E-state index contributed by atoms with van der Waals surface area (Å²) in [6.45, 7) is 12.6. The number of rotatable bonds is 12. The van der Waals surface area contributed by atoms with Gasteiger partial charge in [0.15, 0.2) is 0 Å². The minimum Gasteiger partial charge on any atom is -0.330 e. The average molecular weight is 256 g/mol. The largest absolute Gasteiger partial charge is 0.330 e. The summed E-state index contributed by atoms with van der Waals surface area (Å²) < 4.78 is 0. The van der Waals surface area contributed by atoms with Crippen LogP contribution in [0.15, 0.2) is 0 Å². The molecular formula is C16H36N2. The Labute approximate surface area is 115 Å². The van der Waals surface area contributed by atoms with Gasteiger partial charge >= 0.3 is 0 Å². The molecule has 2 nitrogen and oxygen atoms in total. The summed E-state index contributed by atoms with van der Waals surface area (Å²) in [5.74, 6) is 0.847. The van der Waals surface area contributed by atoms with Gasteiger partial charge in [-0.25, -0.2) is 0 Å². The van der Waals surface area contributed by atoms with Crippen LogP contribution in [0.2, 0.25) is 0 Å². The highest BCUT2D eigenvalue weighted by Crippen LogP contribution is 2.15. The first kappa shape index (κ1) is 17.9. The second-order valence-corrected chi connectivity index (χ2v) is 5.83. The van der Waals surface area contributed by atoms with Crippen molar-refractivity contribution < 1.29 is 0 Å². The fourth-order valence-electron chi connectivity index (χ4n) is 2.56. The van der Waals surface area contributed by atoms with Crippen molar-refractivity contribution >= 4 is 0 Å². The summed E-state index contributed by atoms with van der Waals surface area (Å²) in [5, 5.41) is 0. The Morgan fingerprint density at radius 1 is 0.944 bits per heavy atom. The molecule has 0 amide bonds. The lowest BCUT2D eigenvalue weighted by molar-refractivity contribution is 0.207. The molecule has 2 heteroatoms. The molecule has 1 atom stereocenters. The van der Waals surface area contributed by atoms with E-state index in [1.807, 2.05) is 0 Å². The summed E-state index contributed by atoms with van der Waals surface area (Å²) in [6.07, 6.45) is 9.22. The minimum absolute atomic E-state index is 0.691. The van der Waals surface area contributed by atoms with Gasteiger partial charge in [0.25, 0.3) is 0 Å². The molecule has 0 aliphatic heterocycles. The maximum Gasteiger partial charge on any atom is 0.00385 e. The highest BCUT2D eigenvalue weighted by molar-refractivity contribution is 4.65. The van der Waals surface area contributed by atoms with Gasteiger partial charge in [-0.1, -0.05) is 33.1 Å². The Hall–Kier alpha value is -0.0800. The summed E-state index contributed by atoms with van der Waals surface area (Å²) in [4.78, 5) is 2.64. The summed E-state index contributed by atoms with van der Waals surface area (Å²) >= 11 is 0.